The molecule has 0 saturated heterocycles. The van der Waals surface area contributed by atoms with E-state index in [2.05, 4.69) is 10.1 Å². The van der Waals surface area contributed by atoms with Gasteiger partial charge in [0.1, 0.15) is 11.6 Å². The van der Waals surface area contributed by atoms with Crippen LogP contribution in [0.15, 0.2) is 70.1 Å². The molecule has 0 spiro atoms. The fraction of sp³-hybridized carbons (Fsp3) is 0.192. The molecule has 9 nitrogen and oxygen atoms in total. The SMILES string of the molecule is N[C@H]1CS(=O)(=O)c2cc(F)c(-c3noc(C(N)(c4ccc(F)cc4)C(F)(F)F)n3)cc2N(Cc2ccc(Cl)cc2)C1=O. The Morgan fingerprint density at radius 2 is 1.69 bits per heavy atom. The molecule has 1 aromatic heterocycles. The Hall–Kier alpha value is -3.92. The molecule has 5 rings (SSSR count). The van der Waals surface area contributed by atoms with E-state index in [0.29, 0.717) is 16.7 Å². The van der Waals surface area contributed by atoms with E-state index in [9.17, 15) is 30.8 Å². The minimum Gasteiger partial charge on any atom is -0.336 e. The smallest absolute Gasteiger partial charge is 0.336 e. The van der Waals surface area contributed by atoms with E-state index in [1.165, 1.54) is 12.1 Å². The van der Waals surface area contributed by atoms with Crippen molar-refractivity contribution in [3.8, 4) is 11.4 Å². The third kappa shape index (κ3) is 5.12. The Balaban J connectivity index is 1.66. The standard InChI is InChI=1S/C26H19ClF5N5O4S/c27-15-5-1-13(2-6-15)11-37-20-9-17(18(29)10-21(20)42(39,40)12-19(33)23(37)38)22-35-24(41-36-22)25(34,26(30,31)32)14-3-7-16(28)8-4-14/h1-10,19H,11-12,33-34H2/t19-,25?/m0/s1. The molecule has 1 unspecified atom stereocenters. The van der Waals surface area contributed by atoms with Crippen molar-refractivity contribution in [2.75, 3.05) is 10.7 Å². The molecule has 1 aliphatic rings. The number of fused-ring (bicyclic) bond motifs is 1. The predicted octanol–water partition coefficient (Wildman–Crippen LogP) is 4.08. The first-order valence-electron chi connectivity index (χ1n) is 12.0. The summed E-state index contributed by atoms with van der Waals surface area (Å²) in [6, 6.07) is 9.30. The molecular formula is C26H19ClF5N5O4S. The van der Waals surface area contributed by atoms with Gasteiger partial charge in [0.2, 0.25) is 17.3 Å². The van der Waals surface area contributed by atoms with E-state index in [-0.39, 0.29) is 12.2 Å². The van der Waals surface area contributed by atoms with Crippen LogP contribution in [0, 0.1) is 11.6 Å². The van der Waals surface area contributed by atoms with Gasteiger partial charge in [-0.2, -0.15) is 18.2 Å². The van der Waals surface area contributed by atoms with Crippen LogP contribution in [0.2, 0.25) is 5.02 Å². The fourth-order valence-electron chi connectivity index (χ4n) is 4.44. The number of rotatable bonds is 5. The van der Waals surface area contributed by atoms with Crippen LogP contribution in [0.25, 0.3) is 11.4 Å². The summed E-state index contributed by atoms with van der Waals surface area (Å²) < 4.78 is 102. The van der Waals surface area contributed by atoms with Gasteiger partial charge in [-0.1, -0.05) is 41.0 Å². The number of hydrogen-bond donors (Lipinski definition) is 2. The van der Waals surface area contributed by atoms with Gasteiger partial charge in [-0.25, -0.2) is 17.2 Å². The molecule has 4 N–H and O–H groups in total. The maximum atomic E-state index is 15.4. The summed E-state index contributed by atoms with van der Waals surface area (Å²) in [4.78, 5) is 17.4. The number of nitrogens with zero attached hydrogens (tertiary/aromatic N) is 3. The Kier molecular flexibility index (Phi) is 7.33. The normalized spacial score (nSPS) is 18.3. The van der Waals surface area contributed by atoms with Crippen LogP contribution in [0.5, 0.6) is 0 Å². The van der Waals surface area contributed by atoms with Crippen molar-refractivity contribution in [1.82, 2.24) is 10.1 Å². The number of sulfone groups is 1. The van der Waals surface area contributed by atoms with Gasteiger partial charge < -0.3 is 20.9 Å². The fourth-order valence-corrected chi connectivity index (χ4v) is 6.13. The zero-order chi connectivity index (χ0) is 30.6. The second kappa shape index (κ2) is 10.4. The molecule has 2 heterocycles. The van der Waals surface area contributed by atoms with Gasteiger partial charge in [0, 0.05) is 5.02 Å². The number of halogens is 6. The van der Waals surface area contributed by atoms with Crippen LogP contribution in [-0.2, 0) is 26.7 Å². The number of aromatic nitrogens is 2. The molecule has 3 aromatic carbocycles. The van der Waals surface area contributed by atoms with Crippen molar-refractivity contribution >= 4 is 33.0 Å². The van der Waals surface area contributed by atoms with Gasteiger partial charge in [-0.3, -0.25) is 4.79 Å². The summed E-state index contributed by atoms with van der Waals surface area (Å²) in [5.74, 6) is -5.62. The highest BCUT2D eigenvalue weighted by Crippen LogP contribution is 2.43. The number of alkyl halides is 3. The molecule has 42 heavy (non-hydrogen) atoms. The molecule has 0 bridgehead atoms. The molecule has 220 valence electrons. The molecule has 2 atom stereocenters. The lowest BCUT2D eigenvalue weighted by Crippen LogP contribution is -2.51. The number of anilines is 1. The predicted molar refractivity (Wildman–Crippen MR) is 140 cm³/mol. The van der Waals surface area contributed by atoms with Gasteiger partial charge >= 0.3 is 6.18 Å². The van der Waals surface area contributed by atoms with E-state index in [4.69, 9.17) is 27.6 Å². The number of amides is 1. The molecule has 0 saturated carbocycles. The van der Waals surface area contributed by atoms with Crippen LogP contribution >= 0.6 is 11.6 Å². The Bertz CT molecular complexity index is 1780. The van der Waals surface area contributed by atoms with Crippen LogP contribution in [-0.4, -0.2) is 42.4 Å². The van der Waals surface area contributed by atoms with E-state index in [1.54, 1.807) is 12.1 Å². The largest absolute Gasteiger partial charge is 0.419 e. The van der Waals surface area contributed by atoms with Gasteiger partial charge in [0.05, 0.1) is 34.5 Å². The first-order chi connectivity index (χ1) is 19.6. The van der Waals surface area contributed by atoms with Crippen molar-refractivity contribution in [3.05, 3.63) is 94.3 Å². The van der Waals surface area contributed by atoms with E-state index in [1.807, 2.05) is 0 Å². The van der Waals surface area contributed by atoms with Crippen LogP contribution < -0.4 is 16.4 Å². The molecule has 4 aromatic rings. The Labute approximate surface area is 239 Å². The molecule has 16 heteroatoms. The van der Waals surface area contributed by atoms with Gasteiger partial charge in [0.25, 0.3) is 5.89 Å². The second-order valence-electron chi connectivity index (χ2n) is 9.47. The zero-order valence-electron chi connectivity index (χ0n) is 21.1. The average molecular weight is 628 g/mol. The van der Waals surface area contributed by atoms with Crippen LogP contribution in [0.3, 0.4) is 0 Å². The Morgan fingerprint density at radius 3 is 2.31 bits per heavy atom. The van der Waals surface area contributed by atoms with Crippen molar-refractivity contribution in [3.63, 3.8) is 0 Å². The lowest BCUT2D eigenvalue weighted by molar-refractivity contribution is -0.183. The second-order valence-corrected chi connectivity index (χ2v) is 11.9. The maximum Gasteiger partial charge on any atom is 0.419 e. The quantitative estimate of drug-likeness (QED) is 0.315. The number of benzene rings is 3. The highest BCUT2D eigenvalue weighted by molar-refractivity contribution is 7.91. The lowest BCUT2D eigenvalue weighted by Gasteiger charge is -2.28. The van der Waals surface area contributed by atoms with Crippen molar-refractivity contribution < 1.29 is 39.7 Å². The highest BCUT2D eigenvalue weighted by Gasteiger charge is 2.59. The molecule has 1 amide bonds. The minimum atomic E-state index is -5.23. The molecule has 0 aliphatic carbocycles. The summed E-state index contributed by atoms with van der Waals surface area (Å²) in [5.41, 5.74) is 7.15. The first-order valence-corrected chi connectivity index (χ1v) is 14.0. The minimum absolute atomic E-state index is 0.209. The van der Waals surface area contributed by atoms with Crippen molar-refractivity contribution in [2.24, 2.45) is 11.5 Å². The monoisotopic (exact) mass is 627 g/mol. The van der Waals surface area contributed by atoms with E-state index >= 15 is 4.39 Å². The molecular weight excluding hydrogens is 609 g/mol. The molecule has 0 radical (unpaired) electrons. The maximum absolute atomic E-state index is 15.4. The van der Waals surface area contributed by atoms with Crippen LogP contribution in [0.1, 0.15) is 17.0 Å². The van der Waals surface area contributed by atoms with Crippen molar-refractivity contribution in [2.45, 2.75) is 29.2 Å². The van der Waals surface area contributed by atoms with Crippen molar-refractivity contribution in [1.29, 1.82) is 0 Å². The Morgan fingerprint density at radius 1 is 1.05 bits per heavy atom. The third-order valence-corrected chi connectivity index (χ3v) is 8.71. The number of carbonyl (C=O) groups is 1. The zero-order valence-corrected chi connectivity index (χ0v) is 22.6. The van der Waals surface area contributed by atoms with Gasteiger partial charge in [0.15, 0.2) is 9.84 Å². The number of nitrogens with two attached hydrogens (primary N) is 2. The molecule has 0 fully saturated rings. The average Bonchev–Trinajstić information content (AvgIpc) is 3.40. The summed E-state index contributed by atoms with van der Waals surface area (Å²) in [6.45, 7) is -0.209. The number of carbonyl (C=O) groups excluding carboxylic acids is 1. The molecule has 1 aliphatic heterocycles. The summed E-state index contributed by atoms with van der Waals surface area (Å²) in [5, 5.41) is 3.86. The van der Waals surface area contributed by atoms with E-state index < -0.39 is 78.6 Å². The first kappa shape index (κ1) is 29.6. The topological polar surface area (TPSA) is 145 Å². The summed E-state index contributed by atoms with van der Waals surface area (Å²) in [6.07, 6.45) is -5.23. The highest BCUT2D eigenvalue weighted by atomic mass is 35.5. The lowest BCUT2D eigenvalue weighted by atomic mass is 9.90. The summed E-state index contributed by atoms with van der Waals surface area (Å²) in [7, 11) is -4.30. The number of hydrogen-bond acceptors (Lipinski definition) is 8. The third-order valence-electron chi connectivity index (χ3n) is 6.66. The summed E-state index contributed by atoms with van der Waals surface area (Å²) >= 11 is 5.92. The van der Waals surface area contributed by atoms with Crippen LogP contribution in [0.4, 0.5) is 27.6 Å². The van der Waals surface area contributed by atoms with Gasteiger partial charge in [-0.05, 0) is 47.5 Å². The van der Waals surface area contributed by atoms with Gasteiger partial charge in [-0.15, -0.1) is 0 Å². The van der Waals surface area contributed by atoms with E-state index in [0.717, 1.165) is 35.2 Å².